The maximum atomic E-state index is 12.4. The summed E-state index contributed by atoms with van der Waals surface area (Å²) in [5, 5.41) is 2.94. The first-order chi connectivity index (χ1) is 13.2. The fourth-order valence-corrected chi connectivity index (χ4v) is 3.22. The standard InChI is InChI=1S/C20H21N3O4/c1-25-17-4-2-3-15-9-14(12-26-19(15)17)10-22-20(24)18-6-5-16(27-18)11-23-8-7-21-13-23/h2-8,13-14H,9-12H2,1H3,(H,22,24)/t14-/m1/s1. The first-order valence-electron chi connectivity index (χ1n) is 8.84. The fraction of sp³-hybridized carbons (Fsp3) is 0.300. The molecular weight excluding hydrogens is 346 g/mol. The van der Waals surface area contributed by atoms with Crippen molar-refractivity contribution in [2.75, 3.05) is 20.3 Å². The quantitative estimate of drug-likeness (QED) is 0.724. The predicted molar refractivity (Wildman–Crippen MR) is 98.1 cm³/mol. The van der Waals surface area contributed by atoms with E-state index in [2.05, 4.69) is 10.3 Å². The number of nitrogens with one attached hydrogen (secondary N) is 1. The van der Waals surface area contributed by atoms with Gasteiger partial charge in [-0.25, -0.2) is 4.98 Å². The molecule has 0 spiro atoms. The fourth-order valence-electron chi connectivity index (χ4n) is 3.22. The Kier molecular flexibility index (Phi) is 4.82. The second kappa shape index (κ2) is 7.57. The molecule has 7 nitrogen and oxygen atoms in total. The minimum absolute atomic E-state index is 0.203. The summed E-state index contributed by atoms with van der Waals surface area (Å²) >= 11 is 0. The van der Waals surface area contributed by atoms with Crippen LogP contribution < -0.4 is 14.8 Å². The van der Waals surface area contributed by atoms with Crippen LogP contribution in [0, 0.1) is 5.92 Å². The van der Waals surface area contributed by atoms with Gasteiger partial charge in [0.1, 0.15) is 5.76 Å². The lowest BCUT2D eigenvalue weighted by molar-refractivity contribution is 0.0909. The number of hydrogen-bond donors (Lipinski definition) is 1. The minimum atomic E-state index is -0.219. The molecule has 1 N–H and O–H groups in total. The third-order valence-electron chi connectivity index (χ3n) is 4.59. The number of hydrogen-bond acceptors (Lipinski definition) is 5. The van der Waals surface area contributed by atoms with Gasteiger partial charge in [-0.3, -0.25) is 4.79 Å². The van der Waals surface area contributed by atoms with Crippen molar-refractivity contribution >= 4 is 5.91 Å². The van der Waals surface area contributed by atoms with E-state index in [4.69, 9.17) is 13.9 Å². The molecular formula is C20H21N3O4. The van der Waals surface area contributed by atoms with Gasteiger partial charge in [-0.15, -0.1) is 0 Å². The third kappa shape index (κ3) is 3.81. The highest BCUT2D eigenvalue weighted by Crippen LogP contribution is 2.35. The van der Waals surface area contributed by atoms with Gasteiger partial charge in [-0.05, 0) is 30.2 Å². The number of imidazole rings is 1. The zero-order valence-corrected chi connectivity index (χ0v) is 15.1. The topological polar surface area (TPSA) is 78.5 Å². The Balaban J connectivity index is 1.32. The van der Waals surface area contributed by atoms with Crippen LogP contribution in [0.1, 0.15) is 21.9 Å². The number of carbonyl (C=O) groups excluding carboxylic acids is 1. The van der Waals surface area contributed by atoms with Crippen LogP contribution in [0.3, 0.4) is 0 Å². The van der Waals surface area contributed by atoms with Gasteiger partial charge in [0, 0.05) is 24.9 Å². The highest BCUT2D eigenvalue weighted by Gasteiger charge is 2.23. The maximum absolute atomic E-state index is 12.4. The largest absolute Gasteiger partial charge is 0.493 e. The Hall–Kier alpha value is -3.22. The van der Waals surface area contributed by atoms with Crippen LogP contribution in [0.15, 0.2) is 53.5 Å². The number of fused-ring (bicyclic) bond motifs is 1. The van der Waals surface area contributed by atoms with Crippen molar-refractivity contribution in [3.05, 3.63) is 66.1 Å². The average molecular weight is 367 g/mol. The molecule has 0 radical (unpaired) electrons. The summed E-state index contributed by atoms with van der Waals surface area (Å²) in [6, 6.07) is 9.37. The van der Waals surface area contributed by atoms with E-state index < -0.39 is 0 Å². The number of para-hydroxylation sites is 1. The van der Waals surface area contributed by atoms with Crippen molar-refractivity contribution < 1.29 is 18.7 Å². The molecule has 1 aliphatic heterocycles. The third-order valence-corrected chi connectivity index (χ3v) is 4.59. The highest BCUT2D eigenvalue weighted by molar-refractivity contribution is 5.91. The van der Waals surface area contributed by atoms with E-state index in [0.29, 0.717) is 31.2 Å². The molecule has 1 amide bonds. The van der Waals surface area contributed by atoms with E-state index in [-0.39, 0.29) is 11.8 Å². The summed E-state index contributed by atoms with van der Waals surface area (Å²) in [6.45, 7) is 1.60. The summed E-state index contributed by atoms with van der Waals surface area (Å²) in [5.74, 6) is 2.55. The molecule has 1 aromatic carbocycles. The molecule has 3 heterocycles. The molecule has 1 atom stereocenters. The summed E-state index contributed by atoms with van der Waals surface area (Å²) in [4.78, 5) is 16.4. The molecule has 2 aromatic heterocycles. The van der Waals surface area contributed by atoms with Gasteiger partial charge in [0.05, 0.1) is 26.6 Å². The molecule has 140 valence electrons. The van der Waals surface area contributed by atoms with E-state index in [1.165, 1.54) is 0 Å². The van der Waals surface area contributed by atoms with Crippen molar-refractivity contribution in [3.8, 4) is 11.5 Å². The van der Waals surface area contributed by atoms with Gasteiger partial charge < -0.3 is 23.8 Å². The van der Waals surface area contributed by atoms with Gasteiger partial charge in [0.25, 0.3) is 5.91 Å². The minimum Gasteiger partial charge on any atom is -0.493 e. The molecule has 3 aromatic rings. The van der Waals surface area contributed by atoms with Crippen LogP contribution in [0.25, 0.3) is 0 Å². The predicted octanol–water partition coefficient (Wildman–Crippen LogP) is 2.51. The molecule has 7 heteroatoms. The number of rotatable bonds is 6. The van der Waals surface area contributed by atoms with Crippen molar-refractivity contribution in [1.29, 1.82) is 0 Å². The summed E-state index contributed by atoms with van der Waals surface area (Å²) in [5.41, 5.74) is 1.10. The van der Waals surface area contributed by atoms with Crippen molar-refractivity contribution in [2.45, 2.75) is 13.0 Å². The molecule has 0 saturated carbocycles. The molecule has 0 fully saturated rings. The normalized spacial score (nSPS) is 15.7. The zero-order chi connectivity index (χ0) is 18.6. The molecule has 0 saturated heterocycles. The first kappa shape index (κ1) is 17.2. The molecule has 27 heavy (non-hydrogen) atoms. The smallest absolute Gasteiger partial charge is 0.287 e. The Morgan fingerprint density at radius 3 is 3.11 bits per heavy atom. The molecule has 0 unspecified atom stereocenters. The van der Waals surface area contributed by atoms with Gasteiger partial charge >= 0.3 is 0 Å². The van der Waals surface area contributed by atoms with Crippen molar-refractivity contribution in [3.63, 3.8) is 0 Å². The molecule has 0 bridgehead atoms. The van der Waals surface area contributed by atoms with E-state index in [9.17, 15) is 4.79 Å². The second-order valence-corrected chi connectivity index (χ2v) is 6.54. The number of methoxy groups -OCH3 is 1. The van der Waals surface area contributed by atoms with Gasteiger partial charge in [0.15, 0.2) is 17.3 Å². The highest BCUT2D eigenvalue weighted by atomic mass is 16.5. The van der Waals surface area contributed by atoms with Crippen molar-refractivity contribution in [1.82, 2.24) is 14.9 Å². The number of nitrogens with zero attached hydrogens (tertiary/aromatic N) is 2. The van der Waals surface area contributed by atoms with E-state index in [1.807, 2.05) is 29.0 Å². The molecule has 1 aliphatic rings. The monoisotopic (exact) mass is 367 g/mol. The Bertz CT molecular complexity index is 917. The lowest BCUT2D eigenvalue weighted by atomic mass is 9.96. The lowest BCUT2D eigenvalue weighted by Crippen LogP contribution is -2.34. The van der Waals surface area contributed by atoms with Gasteiger partial charge in [-0.2, -0.15) is 0 Å². The summed E-state index contributed by atoms with van der Waals surface area (Å²) < 4.78 is 18.7. The van der Waals surface area contributed by atoms with Crippen LogP contribution in [-0.4, -0.2) is 35.7 Å². The second-order valence-electron chi connectivity index (χ2n) is 6.54. The van der Waals surface area contributed by atoms with E-state index >= 15 is 0 Å². The number of carbonyl (C=O) groups is 1. The number of furan rings is 1. The van der Waals surface area contributed by atoms with Gasteiger partial charge in [-0.1, -0.05) is 12.1 Å². The summed E-state index contributed by atoms with van der Waals surface area (Å²) in [7, 11) is 1.63. The Morgan fingerprint density at radius 1 is 1.37 bits per heavy atom. The first-order valence-corrected chi connectivity index (χ1v) is 8.84. The summed E-state index contributed by atoms with van der Waals surface area (Å²) in [6.07, 6.45) is 6.09. The Labute approximate surface area is 156 Å². The Morgan fingerprint density at radius 2 is 2.30 bits per heavy atom. The van der Waals surface area contributed by atoms with Crippen molar-refractivity contribution in [2.24, 2.45) is 5.92 Å². The number of ether oxygens (including phenoxy) is 2. The van der Waals surface area contributed by atoms with E-state index in [1.54, 1.807) is 31.8 Å². The lowest BCUT2D eigenvalue weighted by Gasteiger charge is -2.26. The average Bonchev–Trinajstić information content (AvgIpc) is 3.38. The van der Waals surface area contributed by atoms with Gasteiger partial charge in [0.2, 0.25) is 0 Å². The number of aromatic nitrogens is 2. The molecule has 0 aliphatic carbocycles. The number of benzene rings is 1. The SMILES string of the molecule is COc1cccc2c1OC[C@@H](CNC(=O)c1ccc(Cn3ccnc3)o1)C2. The van der Waals surface area contributed by atoms with Crippen LogP contribution in [-0.2, 0) is 13.0 Å². The maximum Gasteiger partial charge on any atom is 0.287 e. The molecule has 4 rings (SSSR count). The van der Waals surface area contributed by atoms with Crippen LogP contribution in [0.4, 0.5) is 0 Å². The van der Waals surface area contributed by atoms with Crippen LogP contribution in [0.5, 0.6) is 11.5 Å². The van der Waals surface area contributed by atoms with Crippen LogP contribution in [0.2, 0.25) is 0 Å². The van der Waals surface area contributed by atoms with Crippen LogP contribution >= 0.6 is 0 Å². The van der Waals surface area contributed by atoms with E-state index in [0.717, 1.165) is 23.5 Å². The zero-order valence-electron chi connectivity index (χ0n) is 15.1. The number of amides is 1.